The second kappa shape index (κ2) is 6.44. The molecule has 1 aliphatic rings. The van der Waals surface area contributed by atoms with Gasteiger partial charge in [0.25, 0.3) is 0 Å². The summed E-state index contributed by atoms with van der Waals surface area (Å²) in [4.78, 5) is 2.34. The first-order chi connectivity index (χ1) is 9.92. The lowest BCUT2D eigenvalue weighted by Crippen LogP contribution is -2.36. The van der Waals surface area contributed by atoms with Gasteiger partial charge in [0.1, 0.15) is 12.4 Å². The monoisotopic (exact) mass is 269 g/mol. The zero-order valence-electron chi connectivity index (χ0n) is 11.5. The number of morpholine rings is 1. The van der Waals surface area contributed by atoms with Gasteiger partial charge in [-0.2, -0.15) is 0 Å². The fourth-order valence-electron chi connectivity index (χ4n) is 2.32. The Labute approximate surface area is 119 Å². The van der Waals surface area contributed by atoms with Crippen LogP contribution in [0.3, 0.4) is 0 Å². The molecule has 1 fully saturated rings. The Bertz CT molecular complexity index is 518. The number of nitrogens with zero attached hydrogens (tertiary/aromatic N) is 1. The van der Waals surface area contributed by atoms with Crippen molar-refractivity contribution < 1.29 is 9.47 Å². The molecule has 0 amide bonds. The highest BCUT2D eigenvalue weighted by atomic mass is 16.5. The third-order valence-electron chi connectivity index (χ3n) is 3.46. The van der Waals surface area contributed by atoms with Crippen LogP contribution < -0.4 is 9.64 Å². The van der Waals surface area contributed by atoms with Gasteiger partial charge >= 0.3 is 0 Å². The van der Waals surface area contributed by atoms with Crippen molar-refractivity contribution >= 4 is 5.69 Å². The van der Waals surface area contributed by atoms with E-state index in [0.29, 0.717) is 6.61 Å². The minimum atomic E-state index is 0.609. The summed E-state index contributed by atoms with van der Waals surface area (Å²) >= 11 is 0. The van der Waals surface area contributed by atoms with Gasteiger partial charge in [0.2, 0.25) is 0 Å². The largest absolute Gasteiger partial charge is 0.489 e. The maximum Gasteiger partial charge on any atom is 0.119 e. The summed E-state index contributed by atoms with van der Waals surface area (Å²) in [5, 5.41) is 0. The van der Waals surface area contributed by atoms with E-state index in [0.717, 1.165) is 32.1 Å². The molecular formula is C17H19NO2. The maximum atomic E-state index is 5.79. The fourth-order valence-corrected chi connectivity index (χ4v) is 2.32. The minimum Gasteiger partial charge on any atom is -0.489 e. The molecule has 0 N–H and O–H groups in total. The van der Waals surface area contributed by atoms with Crippen LogP contribution in [0.5, 0.6) is 5.75 Å². The van der Waals surface area contributed by atoms with Crippen LogP contribution in [-0.2, 0) is 11.3 Å². The van der Waals surface area contributed by atoms with E-state index in [2.05, 4.69) is 29.2 Å². The van der Waals surface area contributed by atoms with Crippen LogP contribution in [0, 0.1) is 0 Å². The Hall–Kier alpha value is -2.00. The number of ether oxygens (including phenoxy) is 2. The second-order valence-electron chi connectivity index (χ2n) is 4.87. The molecule has 2 aromatic carbocycles. The molecule has 1 aliphatic heterocycles. The Morgan fingerprint density at radius 3 is 2.30 bits per heavy atom. The molecule has 1 saturated heterocycles. The number of hydrogen-bond acceptors (Lipinski definition) is 3. The predicted octanol–water partition coefficient (Wildman–Crippen LogP) is 3.10. The standard InChI is InChI=1S/C17H19NO2/c1-2-4-15(5-3-1)14-20-17-8-6-16(7-9-17)18-10-12-19-13-11-18/h1-9H,10-14H2. The summed E-state index contributed by atoms with van der Waals surface area (Å²) in [5.74, 6) is 0.908. The van der Waals surface area contributed by atoms with Crippen molar-refractivity contribution in [3.63, 3.8) is 0 Å². The molecule has 1 heterocycles. The van der Waals surface area contributed by atoms with E-state index in [4.69, 9.17) is 9.47 Å². The van der Waals surface area contributed by atoms with E-state index in [1.165, 1.54) is 11.3 Å². The van der Waals surface area contributed by atoms with Crippen molar-refractivity contribution in [1.82, 2.24) is 0 Å². The van der Waals surface area contributed by atoms with Gasteiger partial charge in [0.05, 0.1) is 13.2 Å². The summed E-state index contributed by atoms with van der Waals surface area (Å²) in [6, 6.07) is 18.5. The van der Waals surface area contributed by atoms with Crippen LogP contribution in [0.2, 0.25) is 0 Å². The molecule has 3 rings (SSSR count). The van der Waals surface area contributed by atoms with Gasteiger partial charge < -0.3 is 14.4 Å². The van der Waals surface area contributed by atoms with E-state index in [9.17, 15) is 0 Å². The number of benzene rings is 2. The van der Waals surface area contributed by atoms with Gasteiger partial charge in [-0.1, -0.05) is 30.3 Å². The quantitative estimate of drug-likeness (QED) is 0.851. The molecule has 0 aromatic heterocycles. The molecule has 0 atom stereocenters. The van der Waals surface area contributed by atoms with Crippen molar-refractivity contribution in [3.8, 4) is 5.75 Å². The van der Waals surface area contributed by atoms with Crippen LogP contribution in [-0.4, -0.2) is 26.3 Å². The van der Waals surface area contributed by atoms with Crippen LogP contribution in [0.1, 0.15) is 5.56 Å². The molecule has 104 valence electrons. The van der Waals surface area contributed by atoms with Crippen molar-refractivity contribution in [2.45, 2.75) is 6.61 Å². The van der Waals surface area contributed by atoms with Crippen LogP contribution in [0.4, 0.5) is 5.69 Å². The van der Waals surface area contributed by atoms with Crippen molar-refractivity contribution in [2.24, 2.45) is 0 Å². The van der Waals surface area contributed by atoms with E-state index in [1.54, 1.807) is 0 Å². The molecular weight excluding hydrogens is 250 g/mol. The first kappa shape index (κ1) is 13.0. The van der Waals surface area contributed by atoms with Gasteiger partial charge in [-0.25, -0.2) is 0 Å². The Morgan fingerprint density at radius 1 is 0.900 bits per heavy atom. The van der Waals surface area contributed by atoms with Gasteiger partial charge in [-0.3, -0.25) is 0 Å². The van der Waals surface area contributed by atoms with Crippen molar-refractivity contribution in [3.05, 3.63) is 60.2 Å². The molecule has 2 aromatic rings. The Balaban J connectivity index is 1.58. The smallest absolute Gasteiger partial charge is 0.119 e. The second-order valence-corrected chi connectivity index (χ2v) is 4.87. The zero-order chi connectivity index (χ0) is 13.6. The van der Waals surface area contributed by atoms with Crippen LogP contribution >= 0.6 is 0 Å². The molecule has 0 spiro atoms. The molecule has 0 radical (unpaired) electrons. The van der Waals surface area contributed by atoms with Gasteiger partial charge in [0, 0.05) is 18.8 Å². The average molecular weight is 269 g/mol. The molecule has 0 aliphatic carbocycles. The topological polar surface area (TPSA) is 21.7 Å². The summed E-state index contributed by atoms with van der Waals surface area (Å²) < 4.78 is 11.2. The minimum absolute atomic E-state index is 0.609. The SMILES string of the molecule is c1ccc(COc2ccc(N3CCOCC3)cc2)cc1. The highest BCUT2D eigenvalue weighted by Gasteiger charge is 2.10. The maximum absolute atomic E-state index is 5.79. The molecule has 3 heteroatoms. The summed E-state index contributed by atoms with van der Waals surface area (Å²) in [7, 11) is 0. The van der Waals surface area contributed by atoms with Crippen LogP contribution in [0.25, 0.3) is 0 Å². The zero-order valence-corrected chi connectivity index (χ0v) is 11.5. The number of anilines is 1. The van der Waals surface area contributed by atoms with E-state index >= 15 is 0 Å². The number of hydrogen-bond donors (Lipinski definition) is 0. The molecule has 20 heavy (non-hydrogen) atoms. The van der Waals surface area contributed by atoms with Crippen LogP contribution in [0.15, 0.2) is 54.6 Å². The molecule has 3 nitrogen and oxygen atoms in total. The lowest BCUT2D eigenvalue weighted by atomic mass is 10.2. The first-order valence-corrected chi connectivity index (χ1v) is 7.01. The summed E-state index contributed by atoms with van der Waals surface area (Å²) in [5.41, 5.74) is 2.42. The average Bonchev–Trinajstić information content (AvgIpc) is 2.55. The van der Waals surface area contributed by atoms with Gasteiger partial charge in [0.15, 0.2) is 0 Å². The number of rotatable bonds is 4. The lowest BCUT2D eigenvalue weighted by molar-refractivity contribution is 0.122. The fraction of sp³-hybridized carbons (Fsp3) is 0.294. The van der Waals surface area contributed by atoms with E-state index < -0.39 is 0 Å². The van der Waals surface area contributed by atoms with Gasteiger partial charge in [-0.05, 0) is 29.8 Å². The third kappa shape index (κ3) is 3.31. The third-order valence-corrected chi connectivity index (χ3v) is 3.46. The summed E-state index contributed by atoms with van der Waals surface area (Å²) in [6.07, 6.45) is 0. The summed E-state index contributed by atoms with van der Waals surface area (Å²) in [6.45, 7) is 4.16. The van der Waals surface area contributed by atoms with E-state index in [1.807, 2.05) is 30.3 Å². The molecule has 0 unspecified atom stereocenters. The van der Waals surface area contributed by atoms with Crippen molar-refractivity contribution in [1.29, 1.82) is 0 Å². The molecule has 0 saturated carbocycles. The highest BCUT2D eigenvalue weighted by molar-refractivity contribution is 5.49. The van der Waals surface area contributed by atoms with E-state index in [-0.39, 0.29) is 0 Å². The first-order valence-electron chi connectivity index (χ1n) is 7.01. The highest BCUT2D eigenvalue weighted by Crippen LogP contribution is 2.21. The Kier molecular flexibility index (Phi) is 4.19. The lowest BCUT2D eigenvalue weighted by Gasteiger charge is -2.28. The predicted molar refractivity (Wildman–Crippen MR) is 80.2 cm³/mol. The molecule has 0 bridgehead atoms. The normalized spacial score (nSPS) is 15.1. The van der Waals surface area contributed by atoms with Gasteiger partial charge in [-0.15, -0.1) is 0 Å². The Morgan fingerprint density at radius 2 is 1.60 bits per heavy atom. The van der Waals surface area contributed by atoms with Crippen molar-refractivity contribution in [2.75, 3.05) is 31.2 Å².